The molecule has 0 bridgehead atoms. The molecule has 2 heterocycles. The fourth-order valence-corrected chi connectivity index (χ4v) is 5.65. The first kappa shape index (κ1) is 21.9. The first-order valence-corrected chi connectivity index (χ1v) is 11.9. The van der Waals surface area contributed by atoms with Crippen LogP contribution in [0.1, 0.15) is 15.6 Å². The number of benzene rings is 2. The van der Waals surface area contributed by atoms with Crippen LogP contribution in [0.15, 0.2) is 36.4 Å². The summed E-state index contributed by atoms with van der Waals surface area (Å²) >= 11 is 3.55. The van der Waals surface area contributed by atoms with E-state index in [0.717, 1.165) is 23.6 Å². The number of methoxy groups -OCH3 is 2. The van der Waals surface area contributed by atoms with Gasteiger partial charge >= 0.3 is 0 Å². The van der Waals surface area contributed by atoms with Crippen molar-refractivity contribution in [1.29, 1.82) is 0 Å². The summed E-state index contributed by atoms with van der Waals surface area (Å²) in [4.78, 5) is 7.04. The van der Waals surface area contributed by atoms with Gasteiger partial charge in [-0.15, -0.1) is 11.3 Å². The van der Waals surface area contributed by atoms with E-state index in [9.17, 15) is 0 Å². The minimum absolute atomic E-state index is 0.694. The van der Waals surface area contributed by atoms with Gasteiger partial charge in [-0.05, 0) is 36.8 Å². The Bertz CT molecular complexity index is 1190. The van der Waals surface area contributed by atoms with Gasteiger partial charge < -0.3 is 14.4 Å². The van der Waals surface area contributed by atoms with Crippen LogP contribution in [0.25, 0.3) is 32.6 Å². The van der Waals surface area contributed by atoms with Crippen LogP contribution in [0.2, 0.25) is 0 Å². The molecule has 0 N–H and O–H groups in total. The number of thiazole rings is 2. The highest BCUT2D eigenvalue weighted by Gasteiger charge is 2.18. The lowest BCUT2D eigenvalue weighted by atomic mass is 10.2. The smallest absolute Gasteiger partial charge is 0.262 e. The van der Waals surface area contributed by atoms with E-state index in [0.29, 0.717) is 13.2 Å². The minimum atomic E-state index is 0.694. The van der Waals surface area contributed by atoms with Crippen molar-refractivity contribution in [3.05, 3.63) is 52.0 Å². The molecule has 0 radical (unpaired) electrons. The lowest BCUT2D eigenvalue weighted by Gasteiger charge is -2.24. The van der Waals surface area contributed by atoms with Gasteiger partial charge in [0.2, 0.25) is 5.52 Å². The topological polar surface area (TPSA) is 38.5 Å². The largest absolute Gasteiger partial charge is 0.383 e. The lowest BCUT2D eigenvalue weighted by Crippen LogP contribution is -2.30. The maximum Gasteiger partial charge on any atom is 0.262 e. The normalized spacial score (nSPS) is 11.9. The molecule has 7 heteroatoms. The van der Waals surface area contributed by atoms with E-state index in [4.69, 9.17) is 14.5 Å². The third-order valence-electron chi connectivity index (χ3n) is 5.31. The van der Waals surface area contributed by atoms with Gasteiger partial charge in [-0.25, -0.2) is 4.98 Å². The molecule has 5 nitrogen and oxygen atoms in total. The van der Waals surface area contributed by atoms with Crippen molar-refractivity contribution in [2.75, 3.05) is 45.4 Å². The van der Waals surface area contributed by atoms with E-state index in [1.807, 2.05) is 0 Å². The maximum absolute atomic E-state index is 5.25. The third-order valence-corrected chi connectivity index (χ3v) is 7.47. The molecule has 4 rings (SSSR count). The third kappa shape index (κ3) is 4.80. The van der Waals surface area contributed by atoms with E-state index >= 15 is 0 Å². The van der Waals surface area contributed by atoms with Crippen molar-refractivity contribution >= 4 is 60.9 Å². The number of anilines is 1. The molecule has 4 aromatic rings. The Kier molecular flexibility index (Phi) is 6.97. The summed E-state index contributed by atoms with van der Waals surface area (Å²) < 4.78 is 15.3. The summed E-state index contributed by atoms with van der Waals surface area (Å²) in [5, 5.41) is 2.32. The molecule has 0 unspecified atom stereocenters. The zero-order valence-electron chi connectivity index (χ0n) is 18.4. The van der Waals surface area contributed by atoms with Crippen LogP contribution in [0.3, 0.4) is 0 Å². The molecule has 0 saturated carbocycles. The van der Waals surface area contributed by atoms with E-state index in [1.165, 1.54) is 31.2 Å². The maximum atomic E-state index is 5.25. The summed E-state index contributed by atoms with van der Waals surface area (Å²) in [6.45, 7) is 5.15. The van der Waals surface area contributed by atoms with Crippen LogP contribution in [0, 0.1) is 6.92 Å². The van der Waals surface area contributed by atoms with Gasteiger partial charge in [0.15, 0.2) is 0 Å². The standard InChI is InChI=1S/C24H28N3O2S2/c1-17-25-23-21(30-17)11-10-20-24(23)31-22(26(20)2)12-7-18-5-8-19(9-6-18)27(13-15-28-3)14-16-29-4/h5-12H,13-16H2,1-4H3/q+1. The quantitative estimate of drug-likeness (QED) is 0.337. The van der Waals surface area contributed by atoms with E-state index in [2.05, 4.69) is 72.0 Å². The fourth-order valence-electron chi connectivity index (χ4n) is 3.61. The zero-order valence-corrected chi connectivity index (χ0v) is 20.1. The van der Waals surface area contributed by atoms with Gasteiger partial charge in [0.25, 0.3) is 5.01 Å². The second-order valence-electron chi connectivity index (χ2n) is 7.39. The molecule has 0 aliphatic carbocycles. The predicted octanol–water partition coefficient (Wildman–Crippen LogP) is 4.91. The summed E-state index contributed by atoms with van der Waals surface area (Å²) in [6, 6.07) is 13.0. The molecule has 0 saturated heterocycles. The second-order valence-corrected chi connectivity index (χ2v) is 9.66. The number of hydrogen-bond donors (Lipinski definition) is 0. The molecule has 0 aliphatic heterocycles. The Hall–Kier alpha value is -2.32. The van der Waals surface area contributed by atoms with Crippen molar-refractivity contribution in [3.8, 4) is 0 Å². The molecule has 31 heavy (non-hydrogen) atoms. The van der Waals surface area contributed by atoms with Crippen LogP contribution in [-0.2, 0) is 16.5 Å². The van der Waals surface area contributed by atoms with E-state index in [1.54, 1.807) is 36.9 Å². The minimum Gasteiger partial charge on any atom is -0.383 e. The molecule has 0 fully saturated rings. The fraction of sp³-hybridized carbons (Fsp3) is 0.333. The number of aryl methyl sites for hydroxylation is 2. The number of nitrogens with zero attached hydrogens (tertiary/aromatic N) is 3. The zero-order chi connectivity index (χ0) is 21.8. The molecule has 2 aromatic carbocycles. The highest BCUT2D eigenvalue weighted by Crippen LogP contribution is 2.32. The van der Waals surface area contributed by atoms with Gasteiger partial charge in [0.1, 0.15) is 17.3 Å². The second kappa shape index (κ2) is 9.87. The van der Waals surface area contributed by atoms with Crippen molar-refractivity contribution in [2.24, 2.45) is 7.05 Å². The lowest BCUT2D eigenvalue weighted by molar-refractivity contribution is -0.642. The van der Waals surface area contributed by atoms with Gasteiger partial charge in [0, 0.05) is 45.1 Å². The van der Waals surface area contributed by atoms with E-state index < -0.39 is 0 Å². The first-order chi connectivity index (χ1) is 15.1. The predicted molar refractivity (Wildman–Crippen MR) is 132 cm³/mol. The molecule has 0 amide bonds. The average Bonchev–Trinajstić information content (AvgIpc) is 3.32. The highest BCUT2D eigenvalue weighted by atomic mass is 32.1. The van der Waals surface area contributed by atoms with Gasteiger partial charge in [-0.3, -0.25) is 0 Å². The van der Waals surface area contributed by atoms with Crippen molar-refractivity contribution in [2.45, 2.75) is 6.92 Å². The van der Waals surface area contributed by atoms with Gasteiger partial charge in [-0.1, -0.05) is 23.5 Å². The highest BCUT2D eigenvalue weighted by molar-refractivity contribution is 7.22. The number of hydrogen-bond acceptors (Lipinski definition) is 6. The Balaban J connectivity index is 1.56. The molecule has 0 atom stereocenters. The van der Waals surface area contributed by atoms with Crippen LogP contribution in [-0.4, -0.2) is 45.5 Å². The summed E-state index contributed by atoms with van der Waals surface area (Å²) in [5.41, 5.74) is 4.70. The monoisotopic (exact) mass is 454 g/mol. The van der Waals surface area contributed by atoms with Crippen molar-refractivity contribution in [1.82, 2.24) is 4.98 Å². The Morgan fingerprint density at radius 3 is 2.35 bits per heavy atom. The molecular weight excluding hydrogens is 426 g/mol. The molecule has 162 valence electrons. The van der Waals surface area contributed by atoms with Gasteiger partial charge in [-0.2, -0.15) is 4.57 Å². The average molecular weight is 455 g/mol. The van der Waals surface area contributed by atoms with Crippen molar-refractivity contribution < 1.29 is 14.0 Å². The SMILES string of the molecule is COCCN(CCOC)c1ccc(/C=C/c2sc3c4nc(C)sc4ccc3[n+]2C)cc1. The number of rotatable bonds is 9. The molecule has 0 aliphatic rings. The van der Waals surface area contributed by atoms with Crippen LogP contribution in [0.5, 0.6) is 0 Å². The molecular formula is C24H28N3O2S2+. The summed E-state index contributed by atoms with van der Waals surface area (Å²) in [6.07, 6.45) is 4.37. The number of aromatic nitrogens is 2. The van der Waals surface area contributed by atoms with Crippen LogP contribution >= 0.6 is 22.7 Å². The van der Waals surface area contributed by atoms with Crippen molar-refractivity contribution in [3.63, 3.8) is 0 Å². The summed E-state index contributed by atoms with van der Waals surface area (Å²) in [5.74, 6) is 0. The van der Waals surface area contributed by atoms with Crippen LogP contribution in [0.4, 0.5) is 5.69 Å². The Labute approximate surface area is 191 Å². The number of ether oxygens (including phenoxy) is 2. The van der Waals surface area contributed by atoms with Gasteiger partial charge in [0.05, 0.1) is 22.9 Å². The molecule has 2 aromatic heterocycles. The Morgan fingerprint density at radius 1 is 0.968 bits per heavy atom. The first-order valence-electron chi connectivity index (χ1n) is 10.3. The van der Waals surface area contributed by atoms with Crippen LogP contribution < -0.4 is 9.47 Å². The Morgan fingerprint density at radius 2 is 1.68 bits per heavy atom. The number of fused-ring (bicyclic) bond motifs is 3. The molecule has 0 spiro atoms. The van der Waals surface area contributed by atoms with E-state index in [-0.39, 0.29) is 0 Å². The summed E-state index contributed by atoms with van der Waals surface area (Å²) in [7, 11) is 5.59.